The maximum absolute atomic E-state index is 14.2. The molecule has 148 valence electrons. The molecular formula is C20H23FN4O3. The molecule has 0 bridgehead atoms. The van der Waals surface area contributed by atoms with Crippen molar-refractivity contribution in [1.82, 2.24) is 4.90 Å². The van der Waals surface area contributed by atoms with Crippen molar-refractivity contribution >= 4 is 11.8 Å². The molecule has 28 heavy (non-hydrogen) atoms. The molecule has 0 saturated carbocycles. The van der Waals surface area contributed by atoms with Crippen LogP contribution in [0.2, 0.25) is 0 Å². The second kappa shape index (κ2) is 9.09. The molecule has 0 spiro atoms. The van der Waals surface area contributed by atoms with Crippen LogP contribution in [0.5, 0.6) is 5.75 Å². The van der Waals surface area contributed by atoms with E-state index < -0.39 is 11.4 Å². The fourth-order valence-electron chi connectivity index (χ4n) is 2.64. The third-order valence-electron chi connectivity index (χ3n) is 3.96. The molecule has 1 saturated heterocycles. The monoisotopic (exact) mass is 386 g/mol. The molecule has 0 atom stereocenters. The molecule has 2 rings (SSSR count). The molecule has 1 N–H and O–H groups in total. The number of piperidine rings is 1. The topological polar surface area (TPSA) is 98.4 Å². The molecule has 0 unspecified atom stereocenters. The average Bonchev–Trinajstić information content (AvgIpc) is 2.63. The Labute approximate surface area is 163 Å². The number of amides is 1. The van der Waals surface area contributed by atoms with Crippen LogP contribution in [-0.2, 0) is 4.74 Å². The first-order valence-corrected chi connectivity index (χ1v) is 8.93. The maximum atomic E-state index is 14.2. The van der Waals surface area contributed by atoms with Crippen molar-refractivity contribution in [1.29, 1.82) is 10.5 Å². The van der Waals surface area contributed by atoms with Gasteiger partial charge in [-0.3, -0.25) is 0 Å². The number of likely N-dealkylation sites (tertiary alicyclic amines) is 1. The predicted octanol–water partition coefficient (Wildman–Crippen LogP) is 3.95. The summed E-state index contributed by atoms with van der Waals surface area (Å²) in [4.78, 5) is 13.8. The minimum absolute atomic E-state index is 0.0556. The highest BCUT2D eigenvalue weighted by Crippen LogP contribution is 2.30. The largest absolute Gasteiger partial charge is 0.488 e. The minimum Gasteiger partial charge on any atom is -0.488 e. The summed E-state index contributed by atoms with van der Waals surface area (Å²) in [5.41, 5.74) is -0.675. The first-order valence-electron chi connectivity index (χ1n) is 8.93. The highest BCUT2D eigenvalue weighted by molar-refractivity contribution is 5.68. The van der Waals surface area contributed by atoms with Crippen molar-refractivity contribution < 1.29 is 18.7 Å². The zero-order valence-corrected chi connectivity index (χ0v) is 16.2. The van der Waals surface area contributed by atoms with Gasteiger partial charge in [0.15, 0.2) is 0 Å². The number of rotatable bonds is 4. The van der Waals surface area contributed by atoms with Gasteiger partial charge >= 0.3 is 6.09 Å². The summed E-state index contributed by atoms with van der Waals surface area (Å²) in [6, 6.07) is 7.78. The van der Waals surface area contributed by atoms with Gasteiger partial charge in [0, 0.05) is 32.1 Å². The Hall–Kier alpha value is -3.26. The SMILES string of the molecule is CC(C)(C)OC(=O)N1CCC(Oc2cccc(F)c2NC=C(C#N)C#N)CC1. The van der Waals surface area contributed by atoms with Gasteiger partial charge in [0.2, 0.25) is 0 Å². The van der Waals surface area contributed by atoms with Gasteiger partial charge in [-0.05, 0) is 32.9 Å². The summed E-state index contributed by atoms with van der Waals surface area (Å²) < 4.78 is 25.5. The lowest BCUT2D eigenvalue weighted by Gasteiger charge is -2.33. The highest BCUT2D eigenvalue weighted by Gasteiger charge is 2.28. The van der Waals surface area contributed by atoms with Gasteiger partial charge in [0.05, 0.1) is 0 Å². The third-order valence-corrected chi connectivity index (χ3v) is 3.96. The summed E-state index contributed by atoms with van der Waals surface area (Å²) in [5.74, 6) is -0.280. The van der Waals surface area contributed by atoms with Crippen LogP contribution in [0.4, 0.5) is 14.9 Å². The zero-order valence-electron chi connectivity index (χ0n) is 16.2. The molecule has 0 radical (unpaired) electrons. The van der Waals surface area contributed by atoms with E-state index in [1.807, 2.05) is 20.8 Å². The summed E-state index contributed by atoms with van der Waals surface area (Å²) in [6.07, 6.45) is 1.73. The number of para-hydroxylation sites is 1. The summed E-state index contributed by atoms with van der Waals surface area (Å²) in [7, 11) is 0. The standard InChI is InChI=1S/C20H23FN4O3/c1-20(2,3)28-19(26)25-9-7-15(8-10-25)27-17-6-4-5-16(21)18(17)24-13-14(11-22)12-23/h4-6,13,15,24H,7-10H2,1-3H3. The van der Waals surface area contributed by atoms with Crippen molar-refractivity contribution in [2.24, 2.45) is 0 Å². The van der Waals surface area contributed by atoms with Crippen LogP contribution in [-0.4, -0.2) is 35.8 Å². The van der Waals surface area contributed by atoms with E-state index >= 15 is 0 Å². The van der Waals surface area contributed by atoms with Gasteiger partial charge < -0.3 is 19.7 Å². The van der Waals surface area contributed by atoms with Crippen molar-refractivity contribution in [3.05, 3.63) is 35.8 Å². The smallest absolute Gasteiger partial charge is 0.410 e. The second-order valence-electron chi connectivity index (χ2n) is 7.32. The lowest BCUT2D eigenvalue weighted by Crippen LogP contribution is -2.44. The van der Waals surface area contributed by atoms with Crippen LogP contribution in [0, 0.1) is 28.5 Å². The lowest BCUT2D eigenvalue weighted by atomic mass is 10.1. The number of allylic oxidation sites excluding steroid dienone is 1. The quantitative estimate of drug-likeness (QED) is 0.787. The second-order valence-corrected chi connectivity index (χ2v) is 7.32. The van der Waals surface area contributed by atoms with Gasteiger partial charge in [-0.25, -0.2) is 9.18 Å². The number of hydrogen-bond donors (Lipinski definition) is 1. The van der Waals surface area contributed by atoms with Crippen LogP contribution in [0.3, 0.4) is 0 Å². The molecule has 1 aliphatic rings. The maximum Gasteiger partial charge on any atom is 0.410 e. The Bertz CT molecular complexity index is 809. The molecule has 0 aromatic heterocycles. The number of anilines is 1. The molecular weight excluding hydrogens is 363 g/mol. The lowest BCUT2D eigenvalue weighted by molar-refractivity contribution is 0.0127. The Balaban J connectivity index is 2.01. The van der Waals surface area contributed by atoms with Gasteiger partial charge in [0.1, 0.15) is 46.7 Å². The highest BCUT2D eigenvalue weighted by atomic mass is 19.1. The number of carbonyl (C=O) groups is 1. The molecule has 7 nitrogen and oxygen atoms in total. The Kier molecular flexibility index (Phi) is 6.84. The van der Waals surface area contributed by atoms with Crippen molar-refractivity contribution in [2.75, 3.05) is 18.4 Å². The van der Waals surface area contributed by atoms with Gasteiger partial charge in [-0.15, -0.1) is 0 Å². The van der Waals surface area contributed by atoms with Crippen LogP contribution in [0.25, 0.3) is 0 Å². The first kappa shape index (κ1) is 21.0. The van der Waals surface area contributed by atoms with Gasteiger partial charge in [-0.1, -0.05) is 6.07 Å². The van der Waals surface area contributed by atoms with E-state index in [2.05, 4.69) is 5.32 Å². The van der Waals surface area contributed by atoms with Crippen molar-refractivity contribution in [3.8, 4) is 17.9 Å². The fraction of sp³-hybridized carbons (Fsp3) is 0.450. The minimum atomic E-state index is -0.560. The Morgan fingerprint density at radius 3 is 2.50 bits per heavy atom. The molecule has 1 amide bonds. The summed E-state index contributed by atoms with van der Waals surface area (Å²) in [5, 5.41) is 20.2. The fourth-order valence-corrected chi connectivity index (χ4v) is 2.64. The number of ether oxygens (including phenoxy) is 2. The average molecular weight is 386 g/mol. The van der Waals surface area contributed by atoms with Gasteiger partial charge in [0.25, 0.3) is 0 Å². The molecule has 0 aliphatic carbocycles. The van der Waals surface area contributed by atoms with E-state index in [-0.39, 0.29) is 29.2 Å². The predicted molar refractivity (Wildman–Crippen MR) is 101 cm³/mol. The number of nitrogens with one attached hydrogen (secondary N) is 1. The van der Waals surface area contributed by atoms with Gasteiger partial charge in [-0.2, -0.15) is 10.5 Å². The molecule has 1 fully saturated rings. The molecule has 1 aliphatic heterocycles. The van der Waals surface area contributed by atoms with E-state index in [1.54, 1.807) is 23.1 Å². The molecule has 1 aromatic carbocycles. The van der Waals surface area contributed by atoms with Crippen molar-refractivity contribution in [3.63, 3.8) is 0 Å². The Morgan fingerprint density at radius 2 is 1.93 bits per heavy atom. The van der Waals surface area contributed by atoms with Crippen LogP contribution in [0.15, 0.2) is 30.0 Å². The molecule has 1 aromatic rings. The number of carbonyl (C=O) groups excluding carboxylic acids is 1. The van der Waals surface area contributed by atoms with Crippen LogP contribution in [0.1, 0.15) is 33.6 Å². The van der Waals surface area contributed by atoms with E-state index in [0.717, 1.165) is 6.20 Å². The number of hydrogen-bond acceptors (Lipinski definition) is 6. The Morgan fingerprint density at radius 1 is 1.29 bits per heavy atom. The third kappa shape index (κ3) is 5.88. The normalized spacial score (nSPS) is 14.4. The number of benzene rings is 1. The van der Waals surface area contributed by atoms with Crippen LogP contribution >= 0.6 is 0 Å². The van der Waals surface area contributed by atoms with E-state index in [0.29, 0.717) is 25.9 Å². The molecule has 8 heteroatoms. The van der Waals surface area contributed by atoms with E-state index in [1.165, 1.54) is 12.1 Å². The van der Waals surface area contributed by atoms with E-state index in [4.69, 9.17) is 20.0 Å². The number of nitrogens with zero attached hydrogens (tertiary/aromatic N) is 3. The zero-order chi connectivity index (χ0) is 20.7. The summed E-state index contributed by atoms with van der Waals surface area (Å²) in [6.45, 7) is 6.41. The first-order chi connectivity index (χ1) is 13.2. The number of halogens is 1. The molecule has 1 heterocycles. The number of nitriles is 2. The van der Waals surface area contributed by atoms with Crippen molar-refractivity contribution in [2.45, 2.75) is 45.3 Å². The van der Waals surface area contributed by atoms with Crippen LogP contribution < -0.4 is 10.1 Å². The van der Waals surface area contributed by atoms with E-state index in [9.17, 15) is 9.18 Å². The summed E-state index contributed by atoms with van der Waals surface area (Å²) >= 11 is 0.